The summed E-state index contributed by atoms with van der Waals surface area (Å²) in [5, 5.41) is 3.76. The van der Waals surface area contributed by atoms with Crippen LogP contribution in [0.15, 0.2) is 12.4 Å². The summed E-state index contributed by atoms with van der Waals surface area (Å²) in [5.41, 5.74) is 0. The highest BCUT2D eigenvalue weighted by atomic mass is 15.3. The van der Waals surface area contributed by atoms with E-state index in [0.717, 1.165) is 25.2 Å². The van der Waals surface area contributed by atoms with E-state index in [1.165, 1.54) is 50.9 Å². The van der Waals surface area contributed by atoms with Crippen LogP contribution in [0.4, 0.5) is 5.95 Å². The van der Waals surface area contributed by atoms with Gasteiger partial charge in [0.15, 0.2) is 0 Å². The molecule has 2 atom stereocenters. The van der Waals surface area contributed by atoms with Gasteiger partial charge in [-0.2, -0.15) is 0 Å². The quantitative estimate of drug-likeness (QED) is 0.837. The van der Waals surface area contributed by atoms with Crippen LogP contribution in [0.25, 0.3) is 0 Å². The predicted octanol–water partition coefficient (Wildman–Crippen LogP) is 3.18. The van der Waals surface area contributed by atoms with Crippen molar-refractivity contribution >= 4 is 5.95 Å². The van der Waals surface area contributed by atoms with E-state index in [1.54, 1.807) is 0 Å². The molecule has 3 heterocycles. The summed E-state index contributed by atoms with van der Waals surface area (Å²) < 4.78 is 2.36. The predicted molar refractivity (Wildman–Crippen MR) is 87.7 cm³/mol. The van der Waals surface area contributed by atoms with Crippen molar-refractivity contribution < 1.29 is 0 Å². The number of fused-ring (bicyclic) bond motifs is 2. The summed E-state index contributed by atoms with van der Waals surface area (Å²) in [7, 11) is 0. The maximum absolute atomic E-state index is 4.70. The van der Waals surface area contributed by atoms with E-state index in [1.807, 2.05) is 6.20 Å². The first-order valence-electron chi connectivity index (χ1n) is 8.85. The normalized spacial score (nSPS) is 28.0. The SMILES string of the molecule is CCCCn1ccnc1N(CCC)C1CC2CCC(C1)N2. The van der Waals surface area contributed by atoms with Gasteiger partial charge in [-0.15, -0.1) is 0 Å². The third-order valence-corrected chi connectivity index (χ3v) is 5.06. The fraction of sp³-hybridized carbons (Fsp3) is 0.824. The second kappa shape index (κ2) is 6.82. The summed E-state index contributed by atoms with van der Waals surface area (Å²) in [5.74, 6) is 1.21. The first-order valence-corrected chi connectivity index (χ1v) is 8.85. The molecule has 1 aromatic rings. The molecule has 0 amide bonds. The number of nitrogens with one attached hydrogen (secondary N) is 1. The van der Waals surface area contributed by atoms with Crippen molar-refractivity contribution in [2.24, 2.45) is 0 Å². The van der Waals surface area contributed by atoms with Gasteiger partial charge in [0.2, 0.25) is 5.95 Å². The lowest BCUT2D eigenvalue weighted by Crippen LogP contribution is -2.49. The van der Waals surface area contributed by atoms with Gasteiger partial charge in [-0.05, 0) is 38.5 Å². The van der Waals surface area contributed by atoms with E-state index in [0.29, 0.717) is 6.04 Å². The van der Waals surface area contributed by atoms with E-state index in [9.17, 15) is 0 Å². The van der Waals surface area contributed by atoms with Gasteiger partial charge in [0.1, 0.15) is 0 Å². The number of piperidine rings is 1. The van der Waals surface area contributed by atoms with Crippen LogP contribution in [0.2, 0.25) is 0 Å². The van der Waals surface area contributed by atoms with E-state index >= 15 is 0 Å². The standard InChI is InChI=1S/C17H30N4/c1-3-5-10-20-11-8-18-17(20)21(9-4-2)16-12-14-6-7-15(13-16)19-14/h8,11,14-16,19H,3-7,9-10,12-13H2,1-2H3. The molecule has 1 aromatic heterocycles. The largest absolute Gasteiger partial charge is 0.339 e. The minimum absolute atomic E-state index is 0.673. The van der Waals surface area contributed by atoms with Gasteiger partial charge < -0.3 is 14.8 Å². The highest BCUT2D eigenvalue weighted by molar-refractivity contribution is 5.34. The summed E-state index contributed by atoms with van der Waals surface area (Å²) in [6, 6.07) is 2.16. The molecule has 0 saturated carbocycles. The Kier molecular flexibility index (Phi) is 4.84. The molecule has 118 valence electrons. The number of aromatic nitrogens is 2. The molecule has 2 bridgehead atoms. The average Bonchev–Trinajstić information content (AvgIpc) is 3.09. The second-order valence-corrected chi connectivity index (χ2v) is 6.73. The molecule has 0 aromatic carbocycles. The van der Waals surface area contributed by atoms with Crippen molar-refractivity contribution in [1.29, 1.82) is 0 Å². The Hall–Kier alpha value is -1.03. The number of imidazole rings is 1. The fourth-order valence-electron chi connectivity index (χ4n) is 4.03. The number of hydrogen-bond donors (Lipinski definition) is 1. The Morgan fingerprint density at radius 3 is 2.67 bits per heavy atom. The maximum Gasteiger partial charge on any atom is 0.205 e. The van der Waals surface area contributed by atoms with Gasteiger partial charge in [0, 0.05) is 43.6 Å². The molecule has 2 unspecified atom stereocenters. The highest BCUT2D eigenvalue weighted by Crippen LogP contribution is 2.32. The van der Waals surface area contributed by atoms with E-state index in [2.05, 4.69) is 34.8 Å². The van der Waals surface area contributed by atoms with Gasteiger partial charge in [-0.3, -0.25) is 0 Å². The topological polar surface area (TPSA) is 33.1 Å². The van der Waals surface area contributed by atoms with Gasteiger partial charge in [0.05, 0.1) is 0 Å². The lowest BCUT2D eigenvalue weighted by atomic mass is 9.98. The third kappa shape index (κ3) is 3.25. The third-order valence-electron chi connectivity index (χ3n) is 5.06. The second-order valence-electron chi connectivity index (χ2n) is 6.73. The zero-order chi connectivity index (χ0) is 14.7. The van der Waals surface area contributed by atoms with E-state index in [4.69, 9.17) is 4.98 Å². The van der Waals surface area contributed by atoms with Gasteiger partial charge in [-0.25, -0.2) is 4.98 Å². The molecule has 3 rings (SSSR count). The van der Waals surface area contributed by atoms with Crippen molar-refractivity contribution in [1.82, 2.24) is 14.9 Å². The highest BCUT2D eigenvalue weighted by Gasteiger charge is 2.36. The van der Waals surface area contributed by atoms with Gasteiger partial charge >= 0.3 is 0 Å². The van der Waals surface area contributed by atoms with Gasteiger partial charge in [0.25, 0.3) is 0 Å². The van der Waals surface area contributed by atoms with Gasteiger partial charge in [-0.1, -0.05) is 20.3 Å². The Morgan fingerprint density at radius 2 is 2.00 bits per heavy atom. The van der Waals surface area contributed by atoms with Crippen molar-refractivity contribution in [2.45, 2.75) is 83.5 Å². The smallest absolute Gasteiger partial charge is 0.205 e. The number of nitrogens with zero attached hydrogens (tertiary/aromatic N) is 3. The van der Waals surface area contributed by atoms with Crippen LogP contribution in [-0.4, -0.2) is 34.2 Å². The monoisotopic (exact) mass is 290 g/mol. The molecule has 0 aliphatic carbocycles. The summed E-state index contributed by atoms with van der Waals surface area (Å²) >= 11 is 0. The fourth-order valence-corrected chi connectivity index (χ4v) is 4.03. The summed E-state index contributed by atoms with van der Waals surface area (Å²) in [6.45, 7) is 6.77. The van der Waals surface area contributed by atoms with E-state index in [-0.39, 0.29) is 0 Å². The number of anilines is 1. The number of aryl methyl sites for hydroxylation is 1. The Bertz CT molecular complexity index is 430. The van der Waals surface area contributed by atoms with E-state index < -0.39 is 0 Å². The summed E-state index contributed by atoms with van der Waals surface area (Å²) in [4.78, 5) is 7.30. The molecule has 0 radical (unpaired) electrons. The molecular weight excluding hydrogens is 260 g/mol. The molecular formula is C17H30N4. The van der Waals surface area contributed by atoms with Crippen LogP contribution in [0.1, 0.15) is 58.8 Å². The van der Waals surface area contributed by atoms with Crippen LogP contribution in [-0.2, 0) is 6.54 Å². The Balaban J connectivity index is 1.76. The molecule has 2 saturated heterocycles. The molecule has 21 heavy (non-hydrogen) atoms. The minimum Gasteiger partial charge on any atom is -0.339 e. The molecule has 4 heteroatoms. The molecule has 1 N–H and O–H groups in total. The molecule has 2 fully saturated rings. The van der Waals surface area contributed by atoms with Crippen molar-refractivity contribution in [3.05, 3.63) is 12.4 Å². The van der Waals surface area contributed by atoms with Crippen LogP contribution in [0.5, 0.6) is 0 Å². The number of rotatable bonds is 7. The van der Waals surface area contributed by atoms with Crippen molar-refractivity contribution in [3.63, 3.8) is 0 Å². The van der Waals surface area contributed by atoms with Crippen LogP contribution in [0.3, 0.4) is 0 Å². The maximum atomic E-state index is 4.70. The number of hydrogen-bond acceptors (Lipinski definition) is 3. The lowest BCUT2D eigenvalue weighted by molar-refractivity contribution is 0.342. The van der Waals surface area contributed by atoms with Crippen LogP contribution < -0.4 is 10.2 Å². The molecule has 2 aliphatic rings. The molecule has 4 nitrogen and oxygen atoms in total. The van der Waals surface area contributed by atoms with Crippen molar-refractivity contribution in [3.8, 4) is 0 Å². The summed E-state index contributed by atoms with van der Waals surface area (Å²) in [6.07, 6.45) is 13.1. The van der Waals surface area contributed by atoms with Crippen LogP contribution >= 0.6 is 0 Å². The Labute approximate surface area is 128 Å². The average molecular weight is 290 g/mol. The molecule has 2 aliphatic heterocycles. The first-order chi connectivity index (χ1) is 10.3. The minimum atomic E-state index is 0.673. The van der Waals surface area contributed by atoms with Crippen molar-refractivity contribution in [2.75, 3.05) is 11.4 Å². The zero-order valence-electron chi connectivity index (χ0n) is 13.6. The van der Waals surface area contributed by atoms with Crippen LogP contribution in [0, 0.1) is 0 Å². The Morgan fingerprint density at radius 1 is 1.24 bits per heavy atom. The lowest BCUT2D eigenvalue weighted by Gasteiger charge is -2.38. The number of unbranched alkanes of at least 4 members (excludes halogenated alkanes) is 1. The molecule has 0 spiro atoms. The first kappa shape index (κ1) is 14.9. The zero-order valence-corrected chi connectivity index (χ0v) is 13.6.